The Kier molecular flexibility index (Phi) is 5.09. The molecule has 1 amide bonds. The number of nitrogens with one attached hydrogen (secondary N) is 2. The van der Waals surface area contributed by atoms with E-state index in [0.29, 0.717) is 39.9 Å². The number of aldehydes is 1. The molecule has 1 aromatic carbocycles. The summed E-state index contributed by atoms with van der Waals surface area (Å²) in [6, 6.07) is 8.91. The molecule has 7 nitrogen and oxygen atoms in total. The molecule has 26 heavy (non-hydrogen) atoms. The number of aryl methyl sites for hydroxylation is 1. The summed E-state index contributed by atoms with van der Waals surface area (Å²) in [6.07, 6.45) is 1.99. The van der Waals surface area contributed by atoms with Crippen molar-refractivity contribution in [1.82, 2.24) is 9.38 Å². The van der Waals surface area contributed by atoms with Crippen molar-refractivity contribution in [2.45, 2.75) is 13.5 Å². The minimum atomic E-state index is -0.574. The van der Waals surface area contributed by atoms with Crippen molar-refractivity contribution in [1.29, 1.82) is 0 Å². The van der Waals surface area contributed by atoms with Crippen LogP contribution in [0.25, 0.3) is 5.65 Å². The number of fused-ring (bicyclic) bond motifs is 1. The second kappa shape index (κ2) is 7.45. The van der Waals surface area contributed by atoms with Gasteiger partial charge in [0.05, 0.1) is 24.2 Å². The maximum absolute atomic E-state index is 11.5. The maximum atomic E-state index is 11.5. The lowest BCUT2D eigenvalue weighted by molar-refractivity contribution is 0.111. The lowest BCUT2D eigenvalue weighted by atomic mass is 10.1. The van der Waals surface area contributed by atoms with Crippen LogP contribution in [-0.4, -0.2) is 28.9 Å². The lowest BCUT2D eigenvalue weighted by Gasteiger charge is -2.14. The Balaban J connectivity index is 1.92. The van der Waals surface area contributed by atoms with E-state index in [1.807, 2.05) is 12.1 Å². The van der Waals surface area contributed by atoms with Crippen molar-refractivity contribution in [3.05, 3.63) is 58.5 Å². The van der Waals surface area contributed by atoms with Gasteiger partial charge in [-0.15, -0.1) is 0 Å². The number of hydrogen-bond donors (Lipinski definition) is 2. The molecule has 0 spiro atoms. The van der Waals surface area contributed by atoms with Crippen LogP contribution in [0.5, 0.6) is 0 Å². The third-order valence-corrected chi connectivity index (χ3v) is 4.33. The quantitative estimate of drug-likeness (QED) is 0.663. The summed E-state index contributed by atoms with van der Waals surface area (Å²) in [4.78, 5) is 27.2. The Bertz CT molecular complexity index is 984. The molecular weight excluding hydrogens is 356 g/mol. The number of halogens is 1. The highest BCUT2D eigenvalue weighted by molar-refractivity contribution is 6.31. The Morgan fingerprint density at radius 2 is 2.08 bits per heavy atom. The molecule has 0 aliphatic carbocycles. The van der Waals surface area contributed by atoms with E-state index in [2.05, 4.69) is 20.4 Å². The van der Waals surface area contributed by atoms with Gasteiger partial charge in [-0.05, 0) is 31.2 Å². The lowest BCUT2D eigenvalue weighted by Crippen LogP contribution is -2.14. The van der Waals surface area contributed by atoms with E-state index >= 15 is 0 Å². The van der Waals surface area contributed by atoms with E-state index in [0.717, 1.165) is 12.0 Å². The molecule has 0 saturated carbocycles. The number of hydrogen-bond acceptors (Lipinski definition) is 5. The maximum Gasteiger partial charge on any atom is 0.411 e. The Morgan fingerprint density at radius 3 is 2.81 bits per heavy atom. The van der Waals surface area contributed by atoms with Gasteiger partial charge in [-0.3, -0.25) is 14.5 Å². The SMILES string of the molecule is COC(=O)Nc1cccc(Cl)c1CNc1cccn2c(C=O)c(C)nc12. The fourth-order valence-corrected chi connectivity index (χ4v) is 2.92. The fraction of sp³-hybridized carbons (Fsp3) is 0.167. The van der Waals surface area contributed by atoms with Crippen molar-refractivity contribution in [2.75, 3.05) is 17.7 Å². The van der Waals surface area contributed by atoms with E-state index < -0.39 is 6.09 Å². The van der Waals surface area contributed by atoms with Crippen LogP contribution in [0.4, 0.5) is 16.2 Å². The first-order chi connectivity index (χ1) is 12.5. The Morgan fingerprint density at radius 1 is 1.31 bits per heavy atom. The van der Waals surface area contributed by atoms with Crippen LogP contribution < -0.4 is 10.6 Å². The molecule has 0 aliphatic rings. The van der Waals surface area contributed by atoms with Gasteiger partial charge in [0.15, 0.2) is 11.9 Å². The number of anilines is 2. The molecule has 134 valence electrons. The first kappa shape index (κ1) is 17.8. The van der Waals surface area contributed by atoms with Crippen LogP contribution in [0.15, 0.2) is 36.5 Å². The fourth-order valence-electron chi connectivity index (χ4n) is 2.68. The van der Waals surface area contributed by atoms with E-state index in [4.69, 9.17) is 11.6 Å². The van der Waals surface area contributed by atoms with Gasteiger partial charge >= 0.3 is 6.09 Å². The zero-order valence-corrected chi connectivity index (χ0v) is 15.0. The number of amides is 1. The number of aromatic nitrogens is 2. The molecule has 2 N–H and O–H groups in total. The summed E-state index contributed by atoms with van der Waals surface area (Å²) in [5.41, 5.74) is 3.81. The monoisotopic (exact) mass is 372 g/mol. The van der Waals surface area contributed by atoms with E-state index in [9.17, 15) is 9.59 Å². The summed E-state index contributed by atoms with van der Waals surface area (Å²) < 4.78 is 6.36. The standard InChI is InChI=1S/C18H17ClN4O3/c1-11-16(10-24)23-8-4-7-15(17(23)21-11)20-9-12-13(19)5-3-6-14(12)22-18(25)26-2/h3-8,10,20H,9H2,1-2H3,(H,22,25). The molecule has 0 atom stereocenters. The predicted octanol–water partition coefficient (Wildman–Crippen LogP) is 3.90. The topological polar surface area (TPSA) is 84.7 Å². The van der Waals surface area contributed by atoms with E-state index in [1.54, 1.807) is 35.7 Å². The number of nitrogens with zero attached hydrogens (tertiary/aromatic N) is 2. The normalized spacial score (nSPS) is 10.6. The van der Waals surface area contributed by atoms with Gasteiger partial charge in [0, 0.05) is 23.3 Å². The highest BCUT2D eigenvalue weighted by Gasteiger charge is 2.13. The van der Waals surface area contributed by atoms with Crippen LogP contribution in [0.3, 0.4) is 0 Å². The molecule has 3 rings (SSSR count). The molecule has 0 bridgehead atoms. The van der Waals surface area contributed by atoms with E-state index in [-0.39, 0.29) is 0 Å². The van der Waals surface area contributed by atoms with Crippen LogP contribution in [0.1, 0.15) is 21.7 Å². The molecule has 0 fully saturated rings. The van der Waals surface area contributed by atoms with Crippen molar-refractivity contribution < 1.29 is 14.3 Å². The number of benzene rings is 1. The number of imidazole rings is 1. The third-order valence-electron chi connectivity index (χ3n) is 3.98. The Hall–Kier alpha value is -3.06. The molecular formula is C18H17ClN4O3. The van der Waals surface area contributed by atoms with Crippen LogP contribution >= 0.6 is 11.6 Å². The van der Waals surface area contributed by atoms with Crippen LogP contribution in [0.2, 0.25) is 5.02 Å². The number of carbonyl (C=O) groups is 2. The summed E-state index contributed by atoms with van der Waals surface area (Å²) in [6.45, 7) is 2.13. The largest absolute Gasteiger partial charge is 0.453 e. The Labute approximate surface area is 154 Å². The molecule has 0 aliphatic heterocycles. The molecule has 2 heterocycles. The molecule has 0 saturated heterocycles. The van der Waals surface area contributed by atoms with Gasteiger partial charge < -0.3 is 10.1 Å². The average molecular weight is 373 g/mol. The molecule has 2 aromatic heterocycles. The van der Waals surface area contributed by atoms with Crippen molar-refractivity contribution >= 4 is 41.0 Å². The second-order valence-corrected chi connectivity index (χ2v) is 5.96. The number of rotatable bonds is 5. The highest BCUT2D eigenvalue weighted by Crippen LogP contribution is 2.27. The van der Waals surface area contributed by atoms with Gasteiger partial charge in [-0.1, -0.05) is 17.7 Å². The smallest absolute Gasteiger partial charge is 0.411 e. The number of methoxy groups -OCH3 is 1. The van der Waals surface area contributed by atoms with Crippen LogP contribution in [0, 0.1) is 6.92 Å². The van der Waals surface area contributed by atoms with Crippen molar-refractivity contribution in [3.63, 3.8) is 0 Å². The minimum absolute atomic E-state index is 0.348. The molecule has 0 radical (unpaired) electrons. The van der Waals surface area contributed by atoms with Crippen LogP contribution in [-0.2, 0) is 11.3 Å². The summed E-state index contributed by atoms with van der Waals surface area (Å²) >= 11 is 6.29. The summed E-state index contributed by atoms with van der Waals surface area (Å²) in [7, 11) is 1.30. The van der Waals surface area contributed by atoms with Crippen molar-refractivity contribution in [2.24, 2.45) is 0 Å². The second-order valence-electron chi connectivity index (χ2n) is 5.55. The van der Waals surface area contributed by atoms with Gasteiger partial charge in [0.1, 0.15) is 5.69 Å². The zero-order valence-electron chi connectivity index (χ0n) is 14.2. The van der Waals surface area contributed by atoms with Gasteiger partial charge in [0.25, 0.3) is 0 Å². The van der Waals surface area contributed by atoms with Gasteiger partial charge in [-0.25, -0.2) is 9.78 Å². The molecule has 8 heteroatoms. The minimum Gasteiger partial charge on any atom is -0.453 e. The molecule has 3 aromatic rings. The number of ether oxygens (including phenoxy) is 1. The highest BCUT2D eigenvalue weighted by atomic mass is 35.5. The average Bonchev–Trinajstić information content (AvgIpc) is 2.96. The zero-order chi connectivity index (χ0) is 18.7. The first-order valence-electron chi connectivity index (χ1n) is 7.84. The summed E-state index contributed by atoms with van der Waals surface area (Å²) in [5.74, 6) is 0. The predicted molar refractivity (Wildman–Crippen MR) is 100 cm³/mol. The summed E-state index contributed by atoms with van der Waals surface area (Å²) in [5, 5.41) is 6.42. The third kappa shape index (κ3) is 3.34. The van der Waals surface area contributed by atoms with Crippen molar-refractivity contribution in [3.8, 4) is 0 Å². The molecule has 0 unspecified atom stereocenters. The first-order valence-corrected chi connectivity index (χ1v) is 8.22. The van der Waals surface area contributed by atoms with E-state index in [1.165, 1.54) is 7.11 Å². The number of pyridine rings is 1. The van der Waals surface area contributed by atoms with Gasteiger partial charge in [0.2, 0.25) is 0 Å². The number of carbonyl (C=O) groups excluding carboxylic acids is 2. The van der Waals surface area contributed by atoms with Gasteiger partial charge in [-0.2, -0.15) is 0 Å².